The lowest BCUT2D eigenvalue weighted by atomic mass is 10.2. The number of benzene rings is 1. The number of hydrogen-bond acceptors (Lipinski definition) is 4. The molecule has 0 spiro atoms. The Kier molecular flexibility index (Phi) is 4.15. The number of amides is 1. The van der Waals surface area contributed by atoms with E-state index in [1.807, 2.05) is 22.6 Å². The monoisotopic (exact) mass is 370 g/mol. The number of nitrogens with one attached hydrogen (secondary N) is 1. The van der Waals surface area contributed by atoms with E-state index in [2.05, 4.69) is 10.3 Å². The molecule has 98 valence electrons. The Bertz CT molecular complexity index is 669. The van der Waals surface area contributed by atoms with E-state index in [9.17, 15) is 9.59 Å². The number of nitrogens with two attached hydrogens (primary N) is 1. The molecule has 0 radical (unpaired) electrons. The summed E-state index contributed by atoms with van der Waals surface area (Å²) >= 11 is 1.88. The van der Waals surface area contributed by atoms with Gasteiger partial charge in [0.25, 0.3) is 5.56 Å². The summed E-state index contributed by atoms with van der Waals surface area (Å²) < 4.78 is 1.71. The maximum absolute atomic E-state index is 11.8. The van der Waals surface area contributed by atoms with Gasteiger partial charge in [-0.05, 0) is 34.7 Å². The molecular weight excluding hydrogens is 359 g/mol. The molecule has 0 aliphatic rings. The molecule has 3 N–H and O–H groups in total. The van der Waals surface area contributed by atoms with E-state index in [4.69, 9.17) is 5.73 Å². The number of carbonyl (C=O) groups excluding carboxylic acids is 1. The third-order valence-corrected chi connectivity index (χ3v) is 3.15. The van der Waals surface area contributed by atoms with Gasteiger partial charge in [0, 0.05) is 6.20 Å². The van der Waals surface area contributed by atoms with Gasteiger partial charge in [-0.3, -0.25) is 14.2 Å². The minimum atomic E-state index is -0.330. The Balaban J connectivity index is 2.12. The number of nitrogens with zero attached hydrogens (tertiary/aromatic N) is 2. The predicted molar refractivity (Wildman–Crippen MR) is 80.7 cm³/mol. The molecule has 2 aromatic rings. The molecule has 1 heterocycles. The predicted octanol–water partition coefficient (Wildman–Crippen LogP) is 1.07. The highest BCUT2D eigenvalue weighted by Crippen LogP contribution is 2.16. The van der Waals surface area contributed by atoms with Crippen molar-refractivity contribution in [1.82, 2.24) is 9.55 Å². The minimum Gasteiger partial charge on any atom is -0.397 e. The van der Waals surface area contributed by atoms with Crippen LogP contribution in [0.15, 0.2) is 41.6 Å². The van der Waals surface area contributed by atoms with Crippen LogP contribution >= 0.6 is 22.6 Å². The molecule has 0 saturated heterocycles. The summed E-state index contributed by atoms with van der Waals surface area (Å²) in [4.78, 5) is 27.4. The summed E-state index contributed by atoms with van der Waals surface area (Å²) in [6, 6.07) is 6.93. The number of anilines is 2. The highest BCUT2D eigenvalue weighted by molar-refractivity contribution is 14.1. The van der Waals surface area contributed by atoms with Crippen molar-refractivity contribution in [3.05, 3.63) is 50.7 Å². The Morgan fingerprint density at radius 2 is 2.16 bits per heavy atom. The smallest absolute Gasteiger partial charge is 0.267 e. The summed E-state index contributed by atoms with van der Waals surface area (Å²) in [5, 5.41) is 2.65. The lowest BCUT2D eigenvalue weighted by Crippen LogP contribution is -2.29. The molecule has 2 rings (SSSR count). The average molecular weight is 370 g/mol. The van der Waals surface area contributed by atoms with Crippen molar-refractivity contribution in [2.75, 3.05) is 11.1 Å². The molecule has 0 atom stereocenters. The van der Waals surface area contributed by atoms with Crippen molar-refractivity contribution >= 4 is 39.9 Å². The Morgan fingerprint density at radius 3 is 2.89 bits per heavy atom. The first-order valence-corrected chi connectivity index (χ1v) is 6.50. The van der Waals surface area contributed by atoms with Crippen LogP contribution < -0.4 is 16.6 Å². The molecular formula is C12H11IN4O2. The van der Waals surface area contributed by atoms with E-state index < -0.39 is 0 Å². The normalized spacial score (nSPS) is 10.2. The van der Waals surface area contributed by atoms with Crippen LogP contribution in [0.2, 0.25) is 0 Å². The standard InChI is InChI=1S/C12H11IN4O2/c13-8-5-15-7-17(12(8)19)6-11(18)16-10-4-2-1-3-9(10)14/h1-5,7H,6,14H2,(H,16,18). The van der Waals surface area contributed by atoms with Crippen LogP contribution in [0.4, 0.5) is 11.4 Å². The number of para-hydroxylation sites is 2. The van der Waals surface area contributed by atoms with E-state index in [1.54, 1.807) is 24.3 Å². The second kappa shape index (κ2) is 5.83. The number of halogens is 1. The van der Waals surface area contributed by atoms with Gasteiger partial charge < -0.3 is 11.1 Å². The fraction of sp³-hybridized carbons (Fsp3) is 0.0833. The SMILES string of the molecule is Nc1ccccc1NC(=O)Cn1cncc(I)c1=O. The average Bonchev–Trinajstić information content (AvgIpc) is 2.38. The molecule has 0 fully saturated rings. The van der Waals surface area contributed by atoms with Gasteiger partial charge in [0.1, 0.15) is 6.54 Å². The number of hydrogen-bond donors (Lipinski definition) is 2. The molecule has 19 heavy (non-hydrogen) atoms. The van der Waals surface area contributed by atoms with Gasteiger partial charge in [-0.1, -0.05) is 12.1 Å². The van der Waals surface area contributed by atoms with Crippen molar-refractivity contribution in [1.29, 1.82) is 0 Å². The lowest BCUT2D eigenvalue weighted by molar-refractivity contribution is -0.116. The van der Waals surface area contributed by atoms with Gasteiger partial charge in [0.05, 0.1) is 21.3 Å². The molecule has 0 unspecified atom stereocenters. The quantitative estimate of drug-likeness (QED) is 0.625. The fourth-order valence-corrected chi connectivity index (χ4v) is 1.96. The summed E-state index contributed by atoms with van der Waals surface area (Å²) in [5.74, 6) is -0.330. The lowest BCUT2D eigenvalue weighted by Gasteiger charge is -2.09. The van der Waals surface area contributed by atoms with Gasteiger partial charge in [0.15, 0.2) is 0 Å². The largest absolute Gasteiger partial charge is 0.397 e. The molecule has 1 aromatic heterocycles. The zero-order valence-electron chi connectivity index (χ0n) is 9.84. The first-order valence-electron chi connectivity index (χ1n) is 5.42. The first kappa shape index (κ1) is 13.5. The molecule has 7 heteroatoms. The summed E-state index contributed by atoms with van der Waals surface area (Å²) in [6.07, 6.45) is 2.78. The summed E-state index contributed by atoms with van der Waals surface area (Å²) in [6.45, 7) is -0.100. The molecule has 0 aliphatic heterocycles. The van der Waals surface area contributed by atoms with Crippen molar-refractivity contribution in [3.63, 3.8) is 0 Å². The first-order chi connectivity index (χ1) is 9.08. The van der Waals surface area contributed by atoms with Gasteiger partial charge in [-0.2, -0.15) is 0 Å². The topological polar surface area (TPSA) is 90.0 Å². The van der Waals surface area contributed by atoms with Gasteiger partial charge >= 0.3 is 0 Å². The van der Waals surface area contributed by atoms with E-state index in [0.717, 1.165) is 0 Å². The van der Waals surface area contributed by atoms with Crippen LogP contribution in [-0.2, 0) is 11.3 Å². The van der Waals surface area contributed by atoms with E-state index >= 15 is 0 Å². The van der Waals surface area contributed by atoms with Crippen molar-refractivity contribution < 1.29 is 4.79 Å². The number of nitrogen functional groups attached to an aromatic ring is 1. The van der Waals surface area contributed by atoms with Gasteiger partial charge in [-0.25, -0.2) is 4.98 Å². The van der Waals surface area contributed by atoms with Crippen LogP contribution in [0.25, 0.3) is 0 Å². The van der Waals surface area contributed by atoms with Crippen molar-refractivity contribution in [2.45, 2.75) is 6.54 Å². The minimum absolute atomic E-state index is 0.100. The van der Waals surface area contributed by atoms with Gasteiger partial charge in [-0.15, -0.1) is 0 Å². The molecule has 6 nitrogen and oxygen atoms in total. The summed E-state index contributed by atoms with van der Waals surface area (Å²) in [5.41, 5.74) is 6.48. The molecule has 1 amide bonds. The number of carbonyl (C=O) groups is 1. The van der Waals surface area contributed by atoms with Gasteiger partial charge in [0.2, 0.25) is 5.91 Å². The highest BCUT2D eigenvalue weighted by atomic mass is 127. The Hall–Kier alpha value is -1.90. The zero-order chi connectivity index (χ0) is 13.8. The van der Waals surface area contributed by atoms with Crippen LogP contribution in [0, 0.1) is 3.57 Å². The molecule has 0 aliphatic carbocycles. The molecule has 0 bridgehead atoms. The van der Waals surface area contributed by atoms with Crippen LogP contribution in [0.3, 0.4) is 0 Å². The van der Waals surface area contributed by atoms with E-state index in [0.29, 0.717) is 14.9 Å². The zero-order valence-corrected chi connectivity index (χ0v) is 12.0. The van der Waals surface area contributed by atoms with Crippen molar-refractivity contribution in [2.24, 2.45) is 0 Å². The molecule has 0 saturated carbocycles. The maximum atomic E-state index is 11.8. The fourth-order valence-electron chi connectivity index (χ4n) is 1.49. The molecule has 1 aromatic carbocycles. The Labute approximate surface area is 122 Å². The van der Waals surface area contributed by atoms with E-state index in [1.165, 1.54) is 17.1 Å². The number of aromatic nitrogens is 2. The summed E-state index contributed by atoms with van der Waals surface area (Å²) in [7, 11) is 0. The van der Waals surface area contributed by atoms with Crippen LogP contribution in [0.5, 0.6) is 0 Å². The second-order valence-corrected chi connectivity index (χ2v) is 4.97. The van der Waals surface area contributed by atoms with Crippen LogP contribution in [0.1, 0.15) is 0 Å². The third-order valence-electron chi connectivity index (χ3n) is 2.41. The number of rotatable bonds is 3. The maximum Gasteiger partial charge on any atom is 0.267 e. The van der Waals surface area contributed by atoms with E-state index in [-0.39, 0.29) is 18.0 Å². The van der Waals surface area contributed by atoms with Crippen LogP contribution in [-0.4, -0.2) is 15.5 Å². The second-order valence-electron chi connectivity index (χ2n) is 3.81. The highest BCUT2D eigenvalue weighted by Gasteiger charge is 2.08. The van der Waals surface area contributed by atoms with Crippen molar-refractivity contribution in [3.8, 4) is 0 Å². The third kappa shape index (κ3) is 3.31. The Morgan fingerprint density at radius 1 is 1.42 bits per heavy atom.